The number of hydrogen-bond acceptors (Lipinski definition) is 12. The van der Waals surface area contributed by atoms with Crippen molar-refractivity contribution in [3.05, 3.63) is 47.7 Å². The average molecular weight is 649 g/mol. The summed E-state index contributed by atoms with van der Waals surface area (Å²) >= 11 is 0. The summed E-state index contributed by atoms with van der Waals surface area (Å²) in [7, 11) is 1.13. The molecule has 12 heteroatoms. The van der Waals surface area contributed by atoms with Crippen LogP contribution in [0.15, 0.2) is 42.2 Å². The molecular formula is C34H48O12. The zero-order valence-electron chi connectivity index (χ0n) is 28.0. The van der Waals surface area contributed by atoms with Crippen LogP contribution in [-0.2, 0) is 63.7 Å². The van der Waals surface area contributed by atoms with Gasteiger partial charge in [-0.2, -0.15) is 0 Å². The van der Waals surface area contributed by atoms with Gasteiger partial charge in [0.1, 0.15) is 6.61 Å². The molecule has 0 saturated heterocycles. The van der Waals surface area contributed by atoms with Crippen molar-refractivity contribution in [3.63, 3.8) is 0 Å². The van der Waals surface area contributed by atoms with Crippen molar-refractivity contribution in [2.45, 2.75) is 105 Å². The monoisotopic (exact) mass is 648 g/mol. The fourth-order valence-corrected chi connectivity index (χ4v) is 4.58. The third-order valence-corrected chi connectivity index (χ3v) is 7.36. The van der Waals surface area contributed by atoms with E-state index in [1.54, 1.807) is 13.8 Å². The zero-order valence-corrected chi connectivity index (χ0v) is 28.0. The van der Waals surface area contributed by atoms with E-state index >= 15 is 0 Å². The molecule has 46 heavy (non-hydrogen) atoms. The SMILES string of the molecule is COC(=O)C1=C[C@H](OC(C)=O)[C@@H](OC(C)=O)[C@H](OC(=O)C(C)(C)CCCCOCCCCC(C)(C)C(=O)OCc2ccccc2)O1. The summed E-state index contributed by atoms with van der Waals surface area (Å²) in [5.74, 6) is -3.56. The van der Waals surface area contributed by atoms with Gasteiger partial charge < -0.3 is 33.2 Å². The van der Waals surface area contributed by atoms with Crippen molar-refractivity contribution < 1.29 is 57.1 Å². The van der Waals surface area contributed by atoms with Gasteiger partial charge in [0.15, 0.2) is 6.10 Å². The van der Waals surface area contributed by atoms with Gasteiger partial charge in [0, 0.05) is 33.1 Å². The van der Waals surface area contributed by atoms with Crippen LogP contribution in [0.4, 0.5) is 0 Å². The van der Waals surface area contributed by atoms with Crippen molar-refractivity contribution in [2.75, 3.05) is 20.3 Å². The molecule has 1 heterocycles. The van der Waals surface area contributed by atoms with Crippen LogP contribution in [0.5, 0.6) is 0 Å². The normalized spacial score (nSPS) is 18.0. The van der Waals surface area contributed by atoms with Crippen molar-refractivity contribution in [2.24, 2.45) is 10.8 Å². The Morgan fingerprint density at radius 1 is 0.761 bits per heavy atom. The second-order valence-electron chi connectivity index (χ2n) is 12.4. The minimum Gasteiger partial charge on any atom is -0.463 e. The lowest BCUT2D eigenvalue weighted by molar-refractivity contribution is -0.229. The molecule has 1 aromatic rings. The molecule has 0 unspecified atom stereocenters. The fraction of sp³-hybridized carbons (Fsp3) is 0.618. The van der Waals surface area contributed by atoms with Crippen LogP contribution in [0.25, 0.3) is 0 Å². The predicted octanol–water partition coefficient (Wildman–Crippen LogP) is 4.96. The summed E-state index contributed by atoms with van der Waals surface area (Å²) in [6.07, 6.45) is 1.10. The second kappa shape index (κ2) is 18.3. The van der Waals surface area contributed by atoms with E-state index < -0.39 is 53.2 Å². The van der Waals surface area contributed by atoms with Crippen LogP contribution >= 0.6 is 0 Å². The Morgan fingerprint density at radius 2 is 1.33 bits per heavy atom. The molecule has 0 aliphatic carbocycles. The summed E-state index contributed by atoms with van der Waals surface area (Å²) in [6.45, 7) is 10.8. The lowest BCUT2D eigenvalue weighted by atomic mass is 9.87. The Hall–Kier alpha value is -3.93. The van der Waals surface area contributed by atoms with Gasteiger partial charge in [0.2, 0.25) is 11.9 Å². The van der Waals surface area contributed by atoms with E-state index in [1.807, 2.05) is 44.2 Å². The number of rotatable bonds is 18. The molecule has 0 N–H and O–H groups in total. The topological polar surface area (TPSA) is 150 Å². The predicted molar refractivity (Wildman–Crippen MR) is 164 cm³/mol. The van der Waals surface area contributed by atoms with Crippen molar-refractivity contribution in [1.82, 2.24) is 0 Å². The number of hydrogen-bond donors (Lipinski definition) is 0. The van der Waals surface area contributed by atoms with Gasteiger partial charge in [0.25, 0.3) is 6.29 Å². The highest BCUT2D eigenvalue weighted by atomic mass is 16.7. The highest BCUT2D eigenvalue weighted by molar-refractivity contribution is 5.86. The largest absolute Gasteiger partial charge is 0.463 e. The number of benzene rings is 1. The summed E-state index contributed by atoms with van der Waals surface area (Å²) in [6, 6.07) is 9.57. The molecule has 3 atom stereocenters. The van der Waals surface area contributed by atoms with Crippen LogP contribution in [0.2, 0.25) is 0 Å². The number of ether oxygens (including phenoxy) is 7. The van der Waals surface area contributed by atoms with E-state index in [0.717, 1.165) is 45.4 Å². The Balaban J connectivity index is 1.75. The van der Waals surface area contributed by atoms with Gasteiger partial charge in [-0.15, -0.1) is 0 Å². The molecule has 0 aromatic heterocycles. The fourth-order valence-electron chi connectivity index (χ4n) is 4.58. The number of methoxy groups -OCH3 is 1. The minimum atomic E-state index is -1.56. The Kier molecular flexibility index (Phi) is 15.2. The first-order chi connectivity index (χ1) is 21.7. The molecule has 1 aliphatic heterocycles. The van der Waals surface area contributed by atoms with Crippen LogP contribution < -0.4 is 0 Å². The molecule has 1 aromatic carbocycles. The minimum absolute atomic E-state index is 0.222. The average Bonchev–Trinajstić information content (AvgIpc) is 2.99. The summed E-state index contributed by atoms with van der Waals surface area (Å²) in [4.78, 5) is 61.3. The Labute approximate surface area is 271 Å². The van der Waals surface area contributed by atoms with Crippen LogP contribution in [-0.4, -0.2) is 68.7 Å². The van der Waals surface area contributed by atoms with Crippen LogP contribution in [0, 0.1) is 10.8 Å². The molecule has 0 spiro atoms. The van der Waals surface area contributed by atoms with Crippen molar-refractivity contribution in [1.29, 1.82) is 0 Å². The molecule has 0 fully saturated rings. The van der Waals surface area contributed by atoms with Gasteiger partial charge in [-0.1, -0.05) is 43.2 Å². The first-order valence-electron chi connectivity index (χ1n) is 15.5. The lowest BCUT2D eigenvalue weighted by Gasteiger charge is -2.36. The molecule has 2 rings (SSSR count). The summed E-state index contributed by atoms with van der Waals surface area (Å²) < 4.78 is 37.5. The van der Waals surface area contributed by atoms with Gasteiger partial charge in [-0.05, 0) is 58.9 Å². The molecule has 0 saturated carbocycles. The van der Waals surface area contributed by atoms with Gasteiger partial charge in [-0.25, -0.2) is 4.79 Å². The highest BCUT2D eigenvalue weighted by Gasteiger charge is 2.45. The molecular weight excluding hydrogens is 600 g/mol. The second-order valence-corrected chi connectivity index (χ2v) is 12.4. The molecule has 0 bridgehead atoms. The molecule has 0 radical (unpaired) electrons. The first kappa shape index (κ1) is 38.3. The third-order valence-electron chi connectivity index (χ3n) is 7.36. The lowest BCUT2D eigenvalue weighted by Crippen LogP contribution is -2.50. The quantitative estimate of drug-likeness (QED) is 0.120. The number of unbranched alkanes of at least 4 members (excludes halogenated alkanes) is 2. The maximum atomic E-state index is 13.2. The van der Waals surface area contributed by atoms with E-state index in [9.17, 15) is 24.0 Å². The number of carbonyl (C=O) groups excluding carboxylic acids is 5. The smallest absolute Gasteiger partial charge is 0.373 e. The van der Waals surface area contributed by atoms with Crippen LogP contribution in [0.1, 0.15) is 85.6 Å². The highest BCUT2D eigenvalue weighted by Crippen LogP contribution is 2.31. The molecule has 1 aliphatic rings. The summed E-state index contributed by atoms with van der Waals surface area (Å²) in [5, 5.41) is 0. The standard InChI is InChI=1S/C34H48O12/c1-23(35)43-26-21-27(29(37)40-7)45-30(28(26)44-24(2)36)46-32(39)34(5,6)18-12-14-20-41-19-13-11-17-33(3,4)31(38)42-22-25-15-9-8-10-16-25/h8-10,15-16,21,26,28,30H,11-14,17-20,22H2,1-7H3/t26-,28+,30-/m0/s1. The van der Waals surface area contributed by atoms with E-state index in [1.165, 1.54) is 0 Å². The van der Waals surface area contributed by atoms with E-state index in [-0.39, 0.29) is 18.3 Å². The van der Waals surface area contributed by atoms with Crippen molar-refractivity contribution >= 4 is 29.8 Å². The van der Waals surface area contributed by atoms with Gasteiger partial charge in [-0.3, -0.25) is 19.2 Å². The number of esters is 5. The molecule has 0 amide bonds. The Bertz CT molecular complexity index is 1200. The van der Waals surface area contributed by atoms with E-state index in [2.05, 4.69) is 4.74 Å². The van der Waals surface area contributed by atoms with E-state index in [0.29, 0.717) is 38.9 Å². The summed E-state index contributed by atoms with van der Waals surface area (Å²) in [5.41, 5.74) is -0.601. The van der Waals surface area contributed by atoms with E-state index in [4.69, 9.17) is 28.4 Å². The zero-order chi connectivity index (χ0) is 34.3. The van der Waals surface area contributed by atoms with Crippen LogP contribution in [0.3, 0.4) is 0 Å². The maximum absolute atomic E-state index is 13.2. The third kappa shape index (κ3) is 12.8. The first-order valence-corrected chi connectivity index (χ1v) is 15.5. The Morgan fingerprint density at radius 3 is 1.87 bits per heavy atom. The molecule has 12 nitrogen and oxygen atoms in total. The van der Waals surface area contributed by atoms with Gasteiger partial charge >= 0.3 is 29.8 Å². The molecule has 256 valence electrons. The number of carbonyl (C=O) groups is 5. The van der Waals surface area contributed by atoms with Gasteiger partial charge in [0.05, 0.1) is 17.9 Å². The van der Waals surface area contributed by atoms with Crippen molar-refractivity contribution in [3.8, 4) is 0 Å². The maximum Gasteiger partial charge on any atom is 0.373 e.